The van der Waals surface area contributed by atoms with E-state index in [0.717, 1.165) is 32.5 Å². The first-order chi connectivity index (χ1) is 6.76. The number of aliphatic imine (C=N–C) groups is 1. The smallest absolute Gasteiger partial charge is 0.188 e. The van der Waals surface area contributed by atoms with Crippen molar-refractivity contribution in [1.29, 1.82) is 0 Å². The number of nitrogens with zero attached hydrogens (tertiary/aromatic N) is 2. The van der Waals surface area contributed by atoms with E-state index in [0.29, 0.717) is 12.0 Å². The molecule has 14 heavy (non-hydrogen) atoms. The molecule has 0 saturated carbocycles. The molecule has 4 N–H and O–H groups in total. The molecule has 0 spiro atoms. The van der Waals surface area contributed by atoms with Gasteiger partial charge in [0, 0.05) is 26.2 Å². The minimum atomic E-state index is 0.226. The van der Waals surface area contributed by atoms with E-state index in [2.05, 4.69) is 15.2 Å². The average Bonchev–Trinajstić information content (AvgIpc) is 2.19. The molecule has 0 aromatic carbocycles. The van der Waals surface area contributed by atoms with E-state index in [1.807, 2.05) is 0 Å². The van der Waals surface area contributed by atoms with Crippen molar-refractivity contribution in [1.82, 2.24) is 10.2 Å². The van der Waals surface area contributed by atoms with Crippen molar-refractivity contribution in [2.75, 3.05) is 33.3 Å². The van der Waals surface area contributed by atoms with Gasteiger partial charge >= 0.3 is 0 Å². The average molecular weight is 200 g/mol. The van der Waals surface area contributed by atoms with Crippen LogP contribution in [0.15, 0.2) is 4.99 Å². The Balaban J connectivity index is 2.32. The van der Waals surface area contributed by atoms with Gasteiger partial charge in [-0.1, -0.05) is 0 Å². The maximum atomic E-state index is 8.82. The third-order valence-corrected chi connectivity index (χ3v) is 2.51. The van der Waals surface area contributed by atoms with Crippen LogP contribution in [0, 0.1) is 0 Å². The van der Waals surface area contributed by atoms with Gasteiger partial charge in [-0.05, 0) is 19.4 Å². The van der Waals surface area contributed by atoms with Gasteiger partial charge in [-0.15, -0.1) is 0 Å². The van der Waals surface area contributed by atoms with Crippen LogP contribution in [0.25, 0.3) is 0 Å². The zero-order valence-corrected chi connectivity index (χ0v) is 8.74. The van der Waals surface area contributed by atoms with Gasteiger partial charge in [-0.2, -0.15) is 0 Å². The first-order valence-corrected chi connectivity index (χ1v) is 5.08. The second-order valence-corrected chi connectivity index (χ2v) is 3.62. The summed E-state index contributed by atoms with van der Waals surface area (Å²) in [5, 5.41) is 12.0. The number of piperidine rings is 1. The van der Waals surface area contributed by atoms with Crippen LogP contribution in [0.3, 0.4) is 0 Å². The molecule has 0 aliphatic carbocycles. The van der Waals surface area contributed by atoms with Gasteiger partial charge in [0.15, 0.2) is 5.96 Å². The fourth-order valence-corrected chi connectivity index (χ4v) is 1.79. The maximum Gasteiger partial charge on any atom is 0.188 e. The Kier molecular flexibility index (Phi) is 4.69. The number of likely N-dealkylation sites (tertiary alicyclic amines) is 1. The molecule has 1 atom stereocenters. The van der Waals surface area contributed by atoms with Crippen molar-refractivity contribution in [3.05, 3.63) is 0 Å². The molecule has 0 amide bonds. The topological polar surface area (TPSA) is 73.9 Å². The number of guanidine groups is 1. The minimum Gasteiger partial charge on any atom is -0.395 e. The molecule has 1 unspecified atom stereocenters. The summed E-state index contributed by atoms with van der Waals surface area (Å²) in [6.45, 7) is 2.99. The van der Waals surface area contributed by atoms with E-state index in [-0.39, 0.29) is 6.61 Å². The van der Waals surface area contributed by atoms with Crippen molar-refractivity contribution in [2.24, 2.45) is 10.7 Å². The molecule has 5 nitrogen and oxygen atoms in total. The number of aliphatic hydroxyl groups excluding tert-OH is 1. The van der Waals surface area contributed by atoms with Gasteiger partial charge in [0.1, 0.15) is 0 Å². The van der Waals surface area contributed by atoms with E-state index in [9.17, 15) is 0 Å². The summed E-state index contributed by atoms with van der Waals surface area (Å²) >= 11 is 0. The van der Waals surface area contributed by atoms with Crippen LogP contribution in [-0.4, -0.2) is 55.3 Å². The Bertz CT molecular complexity index is 193. The Hall–Kier alpha value is -0.810. The van der Waals surface area contributed by atoms with Crippen LogP contribution in [0.5, 0.6) is 0 Å². The van der Waals surface area contributed by atoms with Gasteiger partial charge in [-0.25, -0.2) is 0 Å². The van der Waals surface area contributed by atoms with Crippen LogP contribution in [0.2, 0.25) is 0 Å². The lowest BCUT2D eigenvalue weighted by Gasteiger charge is -2.32. The summed E-state index contributed by atoms with van der Waals surface area (Å²) in [6.07, 6.45) is 2.27. The SMILES string of the molecule is CN=C(N)NC1CCCN(CCO)C1. The van der Waals surface area contributed by atoms with Crippen LogP contribution in [-0.2, 0) is 0 Å². The molecule has 82 valence electrons. The summed E-state index contributed by atoms with van der Waals surface area (Å²) in [4.78, 5) is 6.11. The number of β-amino-alcohol motifs (C(OH)–C–C–N with tert-alkyl or cyclic N) is 1. The van der Waals surface area contributed by atoms with E-state index in [4.69, 9.17) is 10.8 Å². The number of hydrogen-bond acceptors (Lipinski definition) is 3. The van der Waals surface area contributed by atoms with Gasteiger partial charge < -0.3 is 16.2 Å². The predicted molar refractivity (Wildman–Crippen MR) is 57.2 cm³/mol. The summed E-state index contributed by atoms with van der Waals surface area (Å²) in [5.41, 5.74) is 5.59. The lowest BCUT2D eigenvalue weighted by atomic mass is 10.1. The summed E-state index contributed by atoms with van der Waals surface area (Å²) < 4.78 is 0. The van der Waals surface area contributed by atoms with Crippen LogP contribution >= 0.6 is 0 Å². The van der Waals surface area contributed by atoms with Crippen LogP contribution < -0.4 is 11.1 Å². The predicted octanol–water partition coefficient (Wildman–Crippen LogP) is -1.02. The Morgan fingerprint density at radius 3 is 3.14 bits per heavy atom. The molecule has 1 fully saturated rings. The Labute approximate surface area is 85.0 Å². The second kappa shape index (κ2) is 5.82. The molecule has 5 heteroatoms. The molecule has 1 heterocycles. The molecule has 0 radical (unpaired) electrons. The first kappa shape index (κ1) is 11.3. The highest BCUT2D eigenvalue weighted by molar-refractivity contribution is 5.77. The van der Waals surface area contributed by atoms with Crippen molar-refractivity contribution in [3.8, 4) is 0 Å². The van der Waals surface area contributed by atoms with Crippen molar-refractivity contribution in [2.45, 2.75) is 18.9 Å². The summed E-state index contributed by atoms with van der Waals surface area (Å²) in [5.74, 6) is 0.501. The second-order valence-electron chi connectivity index (χ2n) is 3.62. The Morgan fingerprint density at radius 1 is 1.71 bits per heavy atom. The zero-order chi connectivity index (χ0) is 10.4. The van der Waals surface area contributed by atoms with Gasteiger partial charge in [0.25, 0.3) is 0 Å². The van der Waals surface area contributed by atoms with Gasteiger partial charge in [0.05, 0.1) is 6.61 Å². The maximum absolute atomic E-state index is 8.82. The first-order valence-electron chi connectivity index (χ1n) is 5.08. The molecule has 0 bridgehead atoms. The molecule has 0 aromatic heterocycles. The van der Waals surface area contributed by atoms with Crippen molar-refractivity contribution in [3.63, 3.8) is 0 Å². The zero-order valence-electron chi connectivity index (χ0n) is 8.74. The Morgan fingerprint density at radius 2 is 2.50 bits per heavy atom. The number of aliphatic hydroxyl groups is 1. The van der Waals surface area contributed by atoms with Gasteiger partial charge in [-0.3, -0.25) is 9.89 Å². The van der Waals surface area contributed by atoms with E-state index in [1.54, 1.807) is 7.05 Å². The molecule has 1 rings (SSSR count). The number of rotatable bonds is 3. The molecule has 1 saturated heterocycles. The van der Waals surface area contributed by atoms with Crippen LogP contribution in [0.4, 0.5) is 0 Å². The summed E-state index contributed by atoms with van der Waals surface area (Å²) in [7, 11) is 1.68. The summed E-state index contributed by atoms with van der Waals surface area (Å²) in [6, 6.07) is 0.374. The fraction of sp³-hybridized carbons (Fsp3) is 0.889. The minimum absolute atomic E-state index is 0.226. The highest BCUT2D eigenvalue weighted by Crippen LogP contribution is 2.08. The van der Waals surface area contributed by atoms with E-state index >= 15 is 0 Å². The highest BCUT2D eigenvalue weighted by Gasteiger charge is 2.19. The lowest BCUT2D eigenvalue weighted by molar-refractivity contribution is 0.157. The molecular formula is C9H20N4O. The number of nitrogens with two attached hydrogens (primary N) is 1. The monoisotopic (exact) mass is 200 g/mol. The number of hydrogen-bond donors (Lipinski definition) is 3. The lowest BCUT2D eigenvalue weighted by Crippen LogP contribution is -2.50. The largest absolute Gasteiger partial charge is 0.395 e. The van der Waals surface area contributed by atoms with E-state index in [1.165, 1.54) is 0 Å². The molecule has 1 aliphatic rings. The third kappa shape index (κ3) is 3.51. The fourth-order valence-electron chi connectivity index (χ4n) is 1.79. The third-order valence-electron chi connectivity index (χ3n) is 2.51. The number of nitrogens with one attached hydrogen (secondary N) is 1. The molecular weight excluding hydrogens is 180 g/mol. The standard InChI is InChI=1S/C9H20N4O/c1-11-9(10)12-8-3-2-4-13(7-8)5-6-14/h8,14H,2-7H2,1H3,(H3,10,11,12). The van der Waals surface area contributed by atoms with Crippen LogP contribution in [0.1, 0.15) is 12.8 Å². The van der Waals surface area contributed by atoms with Crippen molar-refractivity contribution >= 4 is 5.96 Å². The van der Waals surface area contributed by atoms with Gasteiger partial charge in [0.2, 0.25) is 0 Å². The normalized spacial score (nSPS) is 25.0. The van der Waals surface area contributed by atoms with Crippen molar-refractivity contribution < 1.29 is 5.11 Å². The molecule has 0 aromatic rings. The van der Waals surface area contributed by atoms with E-state index < -0.39 is 0 Å². The highest BCUT2D eigenvalue weighted by atomic mass is 16.3. The quantitative estimate of drug-likeness (QED) is 0.402. The molecule has 1 aliphatic heterocycles.